The molecule has 0 saturated heterocycles. The van der Waals surface area contributed by atoms with E-state index >= 15 is 0 Å². The Morgan fingerprint density at radius 2 is 1.96 bits per heavy atom. The first-order valence-electron chi connectivity index (χ1n) is 7.13. The van der Waals surface area contributed by atoms with Gasteiger partial charge in [0.25, 0.3) is 5.89 Å². The quantitative estimate of drug-likeness (QED) is 0.607. The van der Waals surface area contributed by atoms with E-state index in [9.17, 15) is 4.79 Å². The number of hydrogen-bond acceptors (Lipinski definition) is 4. The molecule has 2 aromatic carbocycles. The van der Waals surface area contributed by atoms with Crippen molar-refractivity contribution in [3.8, 4) is 17.3 Å². The topological polar surface area (TPSA) is 83.9 Å². The molecule has 6 nitrogen and oxygen atoms in total. The summed E-state index contributed by atoms with van der Waals surface area (Å²) in [7, 11) is 0. The van der Waals surface area contributed by atoms with Crippen molar-refractivity contribution in [2.75, 3.05) is 0 Å². The molecule has 4 aromatic rings. The van der Waals surface area contributed by atoms with E-state index in [1.807, 2.05) is 54.6 Å². The molecule has 0 unspecified atom stereocenters. The molecule has 2 aromatic heterocycles. The van der Waals surface area contributed by atoms with E-state index in [1.165, 1.54) is 0 Å². The molecule has 0 amide bonds. The number of H-pyrrole nitrogens is 2. The lowest BCUT2D eigenvalue weighted by atomic mass is 10.2. The van der Waals surface area contributed by atoms with Crippen LogP contribution < -0.4 is 10.5 Å². The highest BCUT2D eigenvalue weighted by Crippen LogP contribution is 2.26. The zero-order valence-corrected chi connectivity index (χ0v) is 12.1. The van der Waals surface area contributed by atoms with E-state index in [0.29, 0.717) is 12.3 Å². The number of nitrogens with one attached hydrogen (secondary N) is 2. The van der Waals surface area contributed by atoms with Gasteiger partial charge in [0.1, 0.15) is 18.1 Å². The van der Waals surface area contributed by atoms with Crippen LogP contribution in [-0.4, -0.2) is 15.2 Å². The molecule has 0 aliphatic carbocycles. The Hall–Kier alpha value is -3.28. The Morgan fingerprint density at radius 3 is 2.74 bits per heavy atom. The predicted octanol–water partition coefficient (Wildman–Crippen LogP) is 3.09. The van der Waals surface area contributed by atoms with Crippen LogP contribution in [0.4, 0.5) is 0 Å². The van der Waals surface area contributed by atoms with Gasteiger partial charge in [0.2, 0.25) is 0 Å². The maximum absolute atomic E-state index is 11.0. The molecule has 0 aliphatic rings. The predicted molar refractivity (Wildman–Crippen MR) is 85.2 cm³/mol. The number of fused-ring (bicyclic) bond motifs is 1. The number of aromatic amines is 2. The van der Waals surface area contributed by atoms with Gasteiger partial charge in [0.05, 0.1) is 0 Å². The molecule has 0 aliphatic heterocycles. The summed E-state index contributed by atoms with van der Waals surface area (Å²) in [6.45, 7) is 0.512. The van der Waals surface area contributed by atoms with Crippen molar-refractivity contribution in [2.45, 2.75) is 6.61 Å². The van der Waals surface area contributed by atoms with E-state index in [0.717, 1.165) is 22.2 Å². The maximum Gasteiger partial charge on any atom is 0.434 e. The number of hydrogen-bond donors (Lipinski definition) is 2. The molecule has 114 valence electrons. The molecule has 0 radical (unpaired) electrons. The molecular weight excluding hydrogens is 294 g/mol. The minimum atomic E-state index is -0.578. The summed E-state index contributed by atoms with van der Waals surface area (Å²) in [4.78, 5) is 14.2. The van der Waals surface area contributed by atoms with E-state index in [2.05, 4.69) is 15.2 Å². The van der Waals surface area contributed by atoms with Crippen LogP contribution in [0.3, 0.4) is 0 Å². The van der Waals surface area contributed by atoms with Gasteiger partial charge in [0.15, 0.2) is 0 Å². The normalized spacial score (nSPS) is 11.0. The minimum absolute atomic E-state index is 0.234. The molecule has 0 fully saturated rings. The molecule has 0 saturated carbocycles. The first kappa shape index (κ1) is 13.4. The van der Waals surface area contributed by atoms with E-state index in [4.69, 9.17) is 9.15 Å². The minimum Gasteiger partial charge on any atom is -0.489 e. The second-order valence-corrected chi connectivity index (χ2v) is 5.12. The fourth-order valence-corrected chi connectivity index (χ4v) is 2.40. The molecule has 2 N–H and O–H groups in total. The van der Waals surface area contributed by atoms with Crippen molar-refractivity contribution in [2.24, 2.45) is 0 Å². The van der Waals surface area contributed by atoms with Crippen LogP contribution in [0.2, 0.25) is 0 Å². The Labute approximate surface area is 130 Å². The molecule has 6 heteroatoms. The summed E-state index contributed by atoms with van der Waals surface area (Å²) in [6.07, 6.45) is 0. The summed E-state index contributed by atoms with van der Waals surface area (Å²) in [5.74, 6) is 0.430. The summed E-state index contributed by atoms with van der Waals surface area (Å²) in [6, 6.07) is 17.6. The summed E-state index contributed by atoms with van der Waals surface area (Å²) < 4.78 is 10.8. The number of benzene rings is 2. The SMILES string of the molecule is O=c1[nH]nc(-c2cc3cc(OCc4ccccc4)ccc3[nH]2)o1. The number of ether oxygens (including phenoxy) is 1. The first-order valence-corrected chi connectivity index (χ1v) is 7.13. The van der Waals surface area contributed by atoms with Crippen LogP contribution in [0.1, 0.15) is 5.56 Å². The molecule has 0 atom stereocenters. The van der Waals surface area contributed by atoms with Gasteiger partial charge in [-0.1, -0.05) is 30.3 Å². The van der Waals surface area contributed by atoms with Crippen LogP contribution in [-0.2, 0) is 6.61 Å². The first-order chi connectivity index (χ1) is 11.3. The third-order valence-electron chi connectivity index (χ3n) is 3.51. The van der Waals surface area contributed by atoms with Gasteiger partial charge < -0.3 is 14.1 Å². The summed E-state index contributed by atoms with van der Waals surface area (Å²) in [5.41, 5.74) is 2.66. The largest absolute Gasteiger partial charge is 0.489 e. The fourth-order valence-electron chi connectivity index (χ4n) is 2.40. The Bertz CT molecular complexity index is 999. The lowest BCUT2D eigenvalue weighted by Gasteiger charge is -2.06. The van der Waals surface area contributed by atoms with Gasteiger partial charge in [-0.15, -0.1) is 5.10 Å². The fraction of sp³-hybridized carbons (Fsp3) is 0.0588. The molecular formula is C17H13N3O3. The molecule has 0 spiro atoms. The summed E-state index contributed by atoms with van der Waals surface area (Å²) in [5, 5.41) is 7.01. The zero-order chi connectivity index (χ0) is 15.6. The second kappa shape index (κ2) is 5.49. The standard InChI is InChI=1S/C17H13N3O3/c21-17-20-19-16(23-17)15-9-12-8-13(6-7-14(12)18-15)22-10-11-4-2-1-3-5-11/h1-9,18H,10H2,(H,20,21). The maximum atomic E-state index is 11.0. The van der Waals surface area contributed by atoms with Crippen LogP contribution in [0, 0.1) is 0 Å². The average Bonchev–Trinajstić information content (AvgIpc) is 3.19. The zero-order valence-electron chi connectivity index (χ0n) is 12.1. The van der Waals surface area contributed by atoms with E-state index < -0.39 is 5.76 Å². The number of rotatable bonds is 4. The Morgan fingerprint density at radius 1 is 1.09 bits per heavy atom. The molecule has 0 bridgehead atoms. The van der Waals surface area contributed by atoms with Gasteiger partial charge in [0, 0.05) is 10.9 Å². The van der Waals surface area contributed by atoms with Crippen molar-refractivity contribution in [3.63, 3.8) is 0 Å². The van der Waals surface area contributed by atoms with E-state index in [-0.39, 0.29) is 5.89 Å². The van der Waals surface area contributed by atoms with Gasteiger partial charge in [-0.25, -0.2) is 9.89 Å². The summed E-state index contributed by atoms with van der Waals surface area (Å²) >= 11 is 0. The highest BCUT2D eigenvalue weighted by Gasteiger charge is 2.09. The lowest BCUT2D eigenvalue weighted by Crippen LogP contribution is -1.94. The third-order valence-corrected chi connectivity index (χ3v) is 3.51. The highest BCUT2D eigenvalue weighted by molar-refractivity contribution is 5.85. The molecule has 2 heterocycles. The van der Waals surface area contributed by atoms with Crippen molar-refractivity contribution >= 4 is 10.9 Å². The van der Waals surface area contributed by atoms with Crippen LogP contribution in [0.5, 0.6) is 5.75 Å². The van der Waals surface area contributed by atoms with E-state index in [1.54, 1.807) is 0 Å². The molecule has 23 heavy (non-hydrogen) atoms. The van der Waals surface area contributed by atoms with Crippen molar-refractivity contribution in [3.05, 3.63) is 70.7 Å². The third kappa shape index (κ3) is 2.74. The highest BCUT2D eigenvalue weighted by atomic mass is 16.5. The molecule has 4 rings (SSSR count). The number of aromatic nitrogens is 3. The van der Waals surface area contributed by atoms with Gasteiger partial charge in [-0.05, 0) is 29.8 Å². The smallest absolute Gasteiger partial charge is 0.434 e. The number of nitrogens with zero attached hydrogens (tertiary/aromatic N) is 1. The second-order valence-electron chi connectivity index (χ2n) is 5.12. The van der Waals surface area contributed by atoms with Crippen molar-refractivity contribution in [1.29, 1.82) is 0 Å². The van der Waals surface area contributed by atoms with Crippen LogP contribution >= 0.6 is 0 Å². The van der Waals surface area contributed by atoms with Crippen LogP contribution in [0.15, 0.2) is 63.8 Å². The average molecular weight is 307 g/mol. The Kier molecular flexibility index (Phi) is 3.20. The van der Waals surface area contributed by atoms with Crippen molar-refractivity contribution < 1.29 is 9.15 Å². The van der Waals surface area contributed by atoms with Gasteiger partial charge >= 0.3 is 5.76 Å². The lowest BCUT2D eigenvalue weighted by molar-refractivity contribution is 0.306. The monoisotopic (exact) mass is 307 g/mol. The van der Waals surface area contributed by atoms with Crippen LogP contribution in [0.25, 0.3) is 22.5 Å². The van der Waals surface area contributed by atoms with Crippen molar-refractivity contribution in [1.82, 2.24) is 15.2 Å². The van der Waals surface area contributed by atoms with Gasteiger partial charge in [-0.2, -0.15) is 0 Å². The Balaban J connectivity index is 1.59. The van der Waals surface area contributed by atoms with Gasteiger partial charge in [-0.3, -0.25) is 0 Å².